The van der Waals surface area contributed by atoms with Gasteiger partial charge in [-0.15, -0.1) is 0 Å². The van der Waals surface area contributed by atoms with Crippen LogP contribution in [-0.2, 0) is 4.79 Å². The molecule has 4 rings (SSSR count). The second-order valence-corrected chi connectivity index (χ2v) is 6.90. The van der Waals surface area contributed by atoms with E-state index in [-0.39, 0.29) is 11.3 Å². The number of hydrogen-bond acceptors (Lipinski definition) is 2. The molecule has 4 heteroatoms. The smallest absolute Gasteiger partial charge is 0.278 e. The Kier molecular flexibility index (Phi) is 4.04. The van der Waals surface area contributed by atoms with Crippen molar-refractivity contribution in [3.05, 3.63) is 92.4 Å². The molecule has 0 aliphatic heterocycles. The van der Waals surface area contributed by atoms with Crippen LogP contribution < -0.4 is 5.56 Å². The van der Waals surface area contributed by atoms with Crippen LogP contribution in [0.1, 0.15) is 33.5 Å². The summed E-state index contributed by atoms with van der Waals surface area (Å²) in [5.74, 6) is -0.0913. The maximum atomic E-state index is 13.0. The number of nitrogens with one attached hydrogen (secondary N) is 1. The summed E-state index contributed by atoms with van der Waals surface area (Å²) in [7, 11) is 0. The van der Waals surface area contributed by atoms with Crippen molar-refractivity contribution < 1.29 is 4.79 Å². The maximum Gasteiger partial charge on any atom is 0.278 e. The molecule has 0 unspecified atom stereocenters. The number of nitrogens with zero attached hydrogens (tertiary/aromatic N) is 1. The second kappa shape index (κ2) is 6.40. The van der Waals surface area contributed by atoms with Crippen LogP contribution in [0.5, 0.6) is 0 Å². The van der Waals surface area contributed by atoms with Gasteiger partial charge in [-0.25, -0.2) is 4.68 Å². The van der Waals surface area contributed by atoms with Gasteiger partial charge in [0.25, 0.3) is 5.56 Å². The van der Waals surface area contributed by atoms with Gasteiger partial charge in [-0.3, -0.25) is 14.7 Å². The van der Waals surface area contributed by atoms with Gasteiger partial charge in [0.2, 0.25) is 0 Å². The molecule has 0 saturated carbocycles. The van der Waals surface area contributed by atoms with Crippen LogP contribution in [0.2, 0.25) is 0 Å². The predicted octanol–water partition coefficient (Wildman–Crippen LogP) is 4.23. The first kappa shape index (κ1) is 17.0. The quantitative estimate of drug-likeness (QED) is 0.699. The Labute approximate surface area is 157 Å². The zero-order valence-corrected chi connectivity index (χ0v) is 15.5. The number of H-pyrrole nitrogens is 1. The van der Waals surface area contributed by atoms with Gasteiger partial charge in [-0.1, -0.05) is 36.4 Å². The van der Waals surface area contributed by atoms with E-state index >= 15 is 0 Å². The number of benzene rings is 2. The van der Waals surface area contributed by atoms with E-state index in [1.807, 2.05) is 69.3 Å². The fraction of sp³-hybridized carbons (Fsp3) is 0.130. The molecule has 2 aromatic carbocycles. The van der Waals surface area contributed by atoms with Crippen LogP contribution in [0.15, 0.2) is 53.3 Å². The van der Waals surface area contributed by atoms with E-state index in [9.17, 15) is 9.59 Å². The first-order valence-corrected chi connectivity index (χ1v) is 8.88. The molecular formula is C23H20N2O2. The molecule has 0 saturated heterocycles. The highest BCUT2D eigenvalue weighted by atomic mass is 16.1. The van der Waals surface area contributed by atoms with E-state index in [4.69, 9.17) is 0 Å². The van der Waals surface area contributed by atoms with E-state index in [1.54, 1.807) is 12.2 Å². The molecule has 0 spiro atoms. The fourth-order valence-corrected chi connectivity index (χ4v) is 3.34. The molecule has 1 heterocycles. The van der Waals surface area contributed by atoms with Crippen LogP contribution >= 0.6 is 0 Å². The van der Waals surface area contributed by atoms with Gasteiger partial charge in [0, 0.05) is 11.3 Å². The number of aryl methyl sites for hydroxylation is 3. The molecule has 1 N–H and O–H groups in total. The summed E-state index contributed by atoms with van der Waals surface area (Å²) in [5.41, 5.74) is 6.51. The Bertz CT molecular complexity index is 1190. The standard InChI is InChI=1S/C23H20N2O2/c1-14-8-10-18(12-15(14)2)25-23(27)20(16(3)24-25)13-21-19-7-5-4-6-17(19)9-11-22(21)26/h4-13,24H,1-3H3/b21-13-. The lowest BCUT2D eigenvalue weighted by molar-refractivity contribution is -0.109. The van der Waals surface area contributed by atoms with Crippen molar-refractivity contribution in [2.75, 3.05) is 0 Å². The number of hydrogen-bond donors (Lipinski definition) is 1. The molecule has 134 valence electrons. The molecule has 0 bridgehead atoms. The fourth-order valence-electron chi connectivity index (χ4n) is 3.34. The number of rotatable bonds is 2. The zero-order chi connectivity index (χ0) is 19.1. The van der Waals surface area contributed by atoms with Crippen molar-refractivity contribution in [3.63, 3.8) is 0 Å². The monoisotopic (exact) mass is 356 g/mol. The van der Waals surface area contributed by atoms with Crippen molar-refractivity contribution in [1.29, 1.82) is 0 Å². The summed E-state index contributed by atoms with van der Waals surface area (Å²) < 4.78 is 1.53. The largest absolute Gasteiger partial charge is 0.295 e. The Morgan fingerprint density at radius 1 is 0.926 bits per heavy atom. The summed E-state index contributed by atoms with van der Waals surface area (Å²) >= 11 is 0. The number of aromatic amines is 1. The number of carbonyl (C=O) groups is 1. The van der Waals surface area contributed by atoms with Gasteiger partial charge < -0.3 is 0 Å². The van der Waals surface area contributed by atoms with Gasteiger partial charge >= 0.3 is 0 Å². The van der Waals surface area contributed by atoms with Gasteiger partial charge in [-0.05, 0) is 67.3 Å². The molecule has 4 nitrogen and oxygen atoms in total. The summed E-state index contributed by atoms with van der Waals surface area (Å²) in [6.07, 6.45) is 5.07. The lowest BCUT2D eigenvalue weighted by Gasteiger charge is -2.12. The molecule has 1 aromatic heterocycles. The Balaban J connectivity index is 1.87. The molecular weight excluding hydrogens is 336 g/mol. The van der Waals surface area contributed by atoms with Gasteiger partial charge in [0.1, 0.15) is 0 Å². The zero-order valence-electron chi connectivity index (χ0n) is 15.5. The van der Waals surface area contributed by atoms with Gasteiger partial charge in [0.05, 0.1) is 11.3 Å². The molecule has 3 aromatic rings. The minimum atomic E-state index is -0.164. The Morgan fingerprint density at radius 3 is 2.48 bits per heavy atom. The third-order valence-electron chi connectivity index (χ3n) is 5.09. The highest BCUT2D eigenvalue weighted by Gasteiger charge is 2.19. The molecule has 0 fully saturated rings. The SMILES string of the molecule is Cc1ccc(-n2[nH]c(C)c(/C=C3\C(=O)C=Cc4ccccc43)c2=O)cc1C. The van der Waals surface area contributed by atoms with Crippen LogP contribution in [0, 0.1) is 20.8 Å². The Morgan fingerprint density at radius 2 is 1.70 bits per heavy atom. The average molecular weight is 356 g/mol. The summed E-state index contributed by atoms with van der Waals surface area (Å²) in [6.45, 7) is 5.91. The first-order chi connectivity index (χ1) is 13.0. The van der Waals surface area contributed by atoms with E-state index in [0.717, 1.165) is 28.1 Å². The van der Waals surface area contributed by atoms with Crippen molar-refractivity contribution >= 4 is 23.5 Å². The molecule has 0 radical (unpaired) electrons. The molecule has 0 amide bonds. The van der Waals surface area contributed by atoms with Gasteiger partial charge in [-0.2, -0.15) is 0 Å². The van der Waals surface area contributed by atoms with Crippen LogP contribution in [0.3, 0.4) is 0 Å². The first-order valence-electron chi connectivity index (χ1n) is 8.88. The number of ketones is 1. The number of carbonyl (C=O) groups excluding carboxylic acids is 1. The topological polar surface area (TPSA) is 54.9 Å². The number of fused-ring (bicyclic) bond motifs is 1. The molecule has 27 heavy (non-hydrogen) atoms. The normalized spacial score (nSPS) is 14.6. The molecule has 0 atom stereocenters. The molecule has 1 aliphatic carbocycles. The minimum Gasteiger partial charge on any atom is -0.295 e. The third-order valence-corrected chi connectivity index (χ3v) is 5.09. The number of allylic oxidation sites excluding steroid dienone is 2. The summed E-state index contributed by atoms with van der Waals surface area (Å²) in [5, 5.41) is 3.13. The Hall–Kier alpha value is -3.40. The second-order valence-electron chi connectivity index (χ2n) is 6.90. The minimum absolute atomic E-state index is 0.0913. The van der Waals surface area contributed by atoms with Crippen LogP contribution in [-0.4, -0.2) is 15.6 Å². The summed E-state index contributed by atoms with van der Waals surface area (Å²) in [4.78, 5) is 25.5. The van der Waals surface area contributed by atoms with E-state index < -0.39 is 0 Å². The lowest BCUT2D eigenvalue weighted by Crippen LogP contribution is -2.16. The van der Waals surface area contributed by atoms with Crippen LogP contribution in [0.4, 0.5) is 0 Å². The van der Waals surface area contributed by atoms with Crippen molar-refractivity contribution in [3.8, 4) is 5.69 Å². The molecule has 1 aliphatic rings. The van der Waals surface area contributed by atoms with Crippen molar-refractivity contribution in [2.45, 2.75) is 20.8 Å². The van der Waals surface area contributed by atoms with E-state index in [0.29, 0.717) is 11.1 Å². The third kappa shape index (κ3) is 2.89. The predicted molar refractivity (Wildman–Crippen MR) is 109 cm³/mol. The number of aromatic nitrogens is 2. The van der Waals surface area contributed by atoms with Crippen molar-refractivity contribution in [1.82, 2.24) is 9.78 Å². The van der Waals surface area contributed by atoms with E-state index in [1.165, 1.54) is 10.2 Å². The average Bonchev–Trinajstić information content (AvgIpc) is 2.94. The summed E-state index contributed by atoms with van der Waals surface area (Å²) in [6, 6.07) is 13.6. The van der Waals surface area contributed by atoms with Gasteiger partial charge in [0.15, 0.2) is 5.78 Å². The van der Waals surface area contributed by atoms with Crippen LogP contribution in [0.25, 0.3) is 23.4 Å². The van der Waals surface area contributed by atoms with E-state index in [2.05, 4.69) is 5.10 Å². The highest BCUT2D eigenvalue weighted by molar-refractivity contribution is 6.33. The van der Waals surface area contributed by atoms with Crippen molar-refractivity contribution in [2.24, 2.45) is 0 Å². The highest BCUT2D eigenvalue weighted by Crippen LogP contribution is 2.28. The lowest BCUT2D eigenvalue weighted by atomic mass is 9.90. The maximum absolute atomic E-state index is 13.0.